The maximum absolute atomic E-state index is 13.5. The number of allylic oxidation sites excluding steroid dienone is 1. The van der Waals surface area contributed by atoms with E-state index in [1.807, 2.05) is 13.8 Å². The zero-order chi connectivity index (χ0) is 29.9. The van der Waals surface area contributed by atoms with Gasteiger partial charge >= 0.3 is 19.4 Å². The van der Waals surface area contributed by atoms with Gasteiger partial charge in [-0.25, -0.2) is 4.79 Å². The number of amides is 1. The van der Waals surface area contributed by atoms with Gasteiger partial charge in [-0.1, -0.05) is 12.1 Å². The normalized spacial score (nSPS) is 25.6. The third-order valence-electron chi connectivity index (χ3n) is 8.45. The zero-order valence-electron chi connectivity index (χ0n) is 23.1. The average molecular weight is 577 g/mol. The molecule has 2 saturated carbocycles. The van der Waals surface area contributed by atoms with Crippen LogP contribution in [0.5, 0.6) is 0 Å². The molecule has 5 atom stereocenters. The Labute approximate surface area is 237 Å². The molecule has 1 saturated heterocycles. The highest BCUT2D eigenvalue weighted by Gasteiger charge is 2.56. The van der Waals surface area contributed by atoms with Gasteiger partial charge in [0.15, 0.2) is 5.78 Å². The highest BCUT2D eigenvalue weighted by Crippen LogP contribution is 2.58. The smallest absolute Gasteiger partial charge is 0.449 e. The molecular formula is C28H35BF3N3O6. The van der Waals surface area contributed by atoms with Gasteiger partial charge in [0.05, 0.1) is 36.9 Å². The van der Waals surface area contributed by atoms with E-state index in [9.17, 15) is 38.1 Å². The SMILES string of the molecule is CC(C)(C=C(C#N)C(=O)C1C[C@H]2C[C@@H]2[C@H]1COC(=O)N[C@@H](Cc1ccc(C(F)(F)F)cc1)B(O)O)N1CCOCC1. The minimum Gasteiger partial charge on any atom is -0.449 e. The number of alkyl halides is 3. The molecule has 13 heteroatoms. The summed E-state index contributed by atoms with van der Waals surface area (Å²) in [6, 6.07) is 6.24. The number of hydrogen-bond donors (Lipinski definition) is 3. The summed E-state index contributed by atoms with van der Waals surface area (Å²) in [4.78, 5) is 28.2. The average Bonchev–Trinajstić information content (AvgIpc) is 3.61. The third kappa shape index (κ3) is 7.68. The number of carbonyl (C=O) groups excluding carboxylic acids is 2. The number of nitrogens with one attached hydrogen (secondary N) is 1. The fourth-order valence-electron chi connectivity index (χ4n) is 6.03. The number of fused-ring (bicyclic) bond motifs is 1. The third-order valence-corrected chi connectivity index (χ3v) is 8.45. The summed E-state index contributed by atoms with van der Waals surface area (Å²) in [6.45, 7) is 6.38. The fraction of sp³-hybridized carbons (Fsp3) is 0.607. The standard InChI is InChI=1S/C28H35BF3N3O6/c1-27(2,35-7-9-40-10-8-35)14-19(15-33)25(36)22-13-18-12-21(18)23(22)16-41-26(37)34-24(29(38)39)11-17-3-5-20(6-4-17)28(30,31)32/h3-6,14,18,21-24,38-39H,7-13,16H2,1-2H3,(H,34,37)/t18-,21+,22?,23-,24+/m1/s1. The lowest BCUT2D eigenvalue weighted by Crippen LogP contribution is -2.49. The minimum atomic E-state index is -4.50. The van der Waals surface area contributed by atoms with Crippen LogP contribution in [-0.4, -0.2) is 78.3 Å². The first kappa shape index (κ1) is 31.0. The molecule has 0 spiro atoms. The Morgan fingerprint density at radius 2 is 1.88 bits per heavy atom. The molecule has 1 aromatic carbocycles. The van der Waals surface area contributed by atoms with Crippen molar-refractivity contribution in [3.63, 3.8) is 0 Å². The van der Waals surface area contributed by atoms with E-state index in [4.69, 9.17) is 9.47 Å². The molecule has 1 heterocycles. The number of alkyl carbamates (subject to hydrolysis) is 1. The van der Waals surface area contributed by atoms with Gasteiger partial charge in [0.1, 0.15) is 6.07 Å². The van der Waals surface area contributed by atoms with Gasteiger partial charge in [-0.2, -0.15) is 18.4 Å². The molecule has 0 aromatic heterocycles. The number of nitrogens with zero attached hydrogens (tertiary/aromatic N) is 2. The van der Waals surface area contributed by atoms with Gasteiger partial charge in [0, 0.05) is 30.5 Å². The molecule has 3 fully saturated rings. The Bertz CT molecular complexity index is 1180. The molecule has 41 heavy (non-hydrogen) atoms. The van der Waals surface area contributed by atoms with Crippen LogP contribution in [0.4, 0.5) is 18.0 Å². The number of ether oxygens (including phenoxy) is 2. The lowest BCUT2D eigenvalue weighted by molar-refractivity contribution is -0.137. The lowest BCUT2D eigenvalue weighted by atomic mass is 9.76. The highest BCUT2D eigenvalue weighted by molar-refractivity contribution is 6.43. The monoisotopic (exact) mass is 577 g/mol. The topological polar surface area (TPSA) is 132 Å². The maximum Gasteiger partial charge on any atom is 0.475 e. The number of morpholine rings is 1. The van der Waals surface area contributed by atoms with Crippen LogP contribution >= 0.6 is 0 Å². The van der Waals surface area contributed by atoms with E-state index in [2.05, 4.69) is 16.3 Å². The number of carbonyl (C=O) groups is 2. The van der Waals surface area contributed by atoms with Crippen molar-refractivity contribution in [1.29, 1.82) is 5.26 Å². The summed E-state index contributed by atoms with van der Waals surface area (Å²) in [5.41, 5.74) is -0.921. The highest BCUT2D eigenvalue weighted by atomic mass is 19.4. The number of benzene rings is 1. The predicted octanol–water partition coefficient (Wildman–Crippen LogP) is 2.76. The van der Waals surface area contributed by atoms with Gasteiger partial charge in [-0.3, -0.25) is 9.69 Å². The van der Waals surface area contributed by atoms with Crippen molar-refractivity contribution in [3.8, 4) is 6.07 Å². The Kier molecular flexibility index (Phi) is 9.48. The largest absolute Gasteiger partial charge is 0.475 e. The molecule has 1 aliphatic heterocycles. The first-order valence-electron chi connectivity index (χ1n) is 13.8. The number of ketones is 1. The molecule has 4 rings (SSSR count). The van der Waals surface area contributed by atoms with Gasteiger partial charge in [-0.05, 0) is 68.7 Å². The predicted molar refractivity (Wildman–Crippen MR) is 142 cm³/mol. The van der Waals surface area contributed by atoms with Crippen LogP contribution in [0.15, 0.2) is 35.9 Å². The number of Topliss-reactive ketones (excluding diaryl/α,β-unsaturated/α-hetero) is 1. The second-order valence-corrected chi connectivity index (χ2v) is 11.6. The van der Waals surface area contributed by atoms with E-state index in [0.717, 1.165) is 18.6 Å². The van der Waals surface area contributed by atoms with E-state index >= 15 is 0 Å². The molecule has 1 unspecified atom stereocenters. The van der Waals surface area contributed by atoms with E-state index < -0.39 is 42.3 Å². The molecule has 1 aromatic rings. The van der Waals surface area contributed by atoms with Crippen molar-refractivity contribution in [2.75, 3.05) is 32.9 Å². The van der Waals surface area contributed by atoms with Gasteiger partial charge < -0.3 is 24.8 Å². The number of hydrogen-bond acceptors (Lipinski definition) is 8. The van der Waals surface area contributed by atoms with Crippen LogP contribution in [0, 0.1) is 35.0 Å². The summed E-state index contributed by atoms with van der Waals surface area (Å²) in [6.07, 6.45) is -2.34. The zero-order valence-corrected chi connectivity index (χ0v) is 23.1. The summed E-state index contributed by atoms with van der Waals surface area (Å²) < 4.78 is 49.3. The van der Waals surface area contributed by atoms with Crippen molar-refractivity contribution in [3.05, 3.63) is 47.0 Å². The molecule has 3 aliphatic rings. The summed E-state index contributed by atoms with van der Waals surface area (Å²) in [5.74, 6) is -1.70. The van der Waals surface area contributed by atoms with Crippen molar-refractivity contribution in [1.82, 2.24) is 10.2 Å². The van der Waals surface area contributed by atoms with Crippen LogP contribution < -0.4 is 5.32 Å². The van der Waals surface area contributed by atoms with E-state index in [0.29, 0.717) is 44.2 Å². The Hall–Kier alpha value is -2.92. The van der Waals surface area contributed by atoms with Crippen LogP contribution in [0.25, 0.3) is 0 Å². The van der Waals surface area contributed by atoms with E-state index in [-0.39, 0.29) is 36.2 Å². The first-order valence-corrected chi connectivity index (χ1v) is 13.8. The van der Waals surface area contributed by atoms with Crippen LogP contribution in [0.2, 0.25) is 0 Å². The number of halogens is 3. The summed E-state index contributed by atoms with van der Waals surface area (Å²) >= 11 is 0. The Balaban J connectivity index is 1.36. The van der Waals surface area contributed by atoms with Crippen molar-refractivity contribution < 1.29 is 42.3 Å². The van der Waals surface area contributed by atoms with Crippen LogP contribution in [-0.2, 0) is 26.9 Å². The van der Waals surface area contributed by atoms with Crippen molar-refractivity contribution >= 4 is 19.0 Å². The molecule has 222 valence electrons. The minimum absolute atomic E-state index is 0.0799. The molecule has 0 bridgehead atoms. The fourth-order valence-corrected chi connectivity index (χ4v) is 6.03. The summed E-state index contributed by atoms with van der Waals surface area (Å²) in [7, 11) is -1.99. The van der Waals surface area contributed by atoms with Crippen molar-refractivity contribution in [2.45, 2.75) is 50.8 Å². The van der Waals surface area contributed by atoms with E-state index in [1.165, 1.54) is 12.1 Å². The first-order chi connectivity index (χ1) is 19.3. The lowest BCUT2D eigenvalue weighted by Gasteiger charge is -2.39. The van der Waals surface area contributed by atoms with Gasteiger partial charge in [0.25, 0.3) is 0 Å². The van der Waals surface area contributed by atoms with Crippen LogP contribution in [0.3, 0.4) is 0 Å². The Morgan fingerprint density at radius 3 is 2.46 bits per heavy atom. The number of rotatable bonds is 10. The molecule has 2 aliphatic carbocycles. The quantitative estimate of drug-likeness (QED) is 0.220. The van der Waals surface area contributed by atoms with Gasteiger partial charge in [0.2, 0.25) is 0 Å². The second kappa shape index (κ2) is 12.5. The second-order valence-electron chi connectivity index (χ2n) is 11.6. The molecule has 1 amide bonds. The summed E-state index contributed by atoms with van der Waals surface area (Å²) in [5, 5.41) is 31.7. The molecule has 9 nitrogen and oxygen atoms in total. The van der Waals surface area contributed by atoms with E-state index in [1.54, 1.807) is 6.08 Å². The molecule has 0 radical (unpaired) electrons. The van der Waals surface area contributed by atoms with Gasteiger partial charge in [-0.15, -0.1) is 0 Å². The van der Waals surface area contributed by atoms with Crippen molar-refractivity contribution in [2.24, 2.45) is 23.7 Å². The Morgan fingerprint density at radius 1 is 1.22 bits per heavy atom. The molecular weight excluding hydrogens is 542 g/mol. The molecule has 3 N–H and O–H groups in total. The van der Waals surface area contributed by atoms with Crippen LogP contribution in [0.1, 0.15) is 37.8 Å². The number of nitriles is 1. The maximum atomic E-state index is 13.5.